The van der Waals surface area contributed by atoms with Crippen LogP contribution in [-0.2, 0) is 4.79 Å². The van der Waals surface area contributed by atoms with E-state index < -0.39 is 0 Å². The molecule has 0 bridgehead atoms. The molecule has 1 amide bonds. The van der Waals surface area contributed by atoms with Crippen molar-refractivity contribution in [2.24, 2.45) is 0 Å². The predicted octanol–water partition coefficient (Wildman–Crippen LogP) is 0.729. The van der Waals surface area contributed by atoms with Crippen molar-refractivity contribution >= 4 is 5.91 Å². The minimum Gasteiger partial charge on any atom is -0.354 e. The van der Waals surface area contributed by atoms with Gasteiger partial charge < -0.3 is 15.5 Å². The zero-order valence-electron chi connectivity index (χ0n) is 10.9. The highest BCUT2D eigenvalue weighted by molar-refractivity contribution is 5.78. The lowest BCUT2D eigenvalue weighted by Gasteiger charge is -2.21. The Labute approximate surface area is 104 Å². The molecule has 2 heterocycles. The van der Waals surface area contributed by atoms with Crippen LogP contribution in [0, 0.1) is 0 Å². The number of carbonyl (C=O) groups is 1. The van der Waals surface area contributed by atoms with Gasteiger partial charge >= 0.3 is 0 Å². The first kappa shape index (κ1) is 12.8. The third-order valence-corrected chi connectivity index (χ3v) is 3.81. The van der Waals surface area contributed by atoms with E-state index in [1.807, 2.05) is 0 Å². The lowest BCUT2D eigenvalue weighted by molar-refractivity contribution is -0.119. The molecule has 0 spiro atoms. The minimum atomic E-state index is 0.198. The summed E-state index contributed by atoms with van der Waals surface area (Å²) < 4.78 is 0. The molecule has 2 N–H and O–H groups in total. The minimum absolute atomic E-state index is 0.198. The highest BCUT2D eigenvalue weighted by Crippen LogP contribution is 2.13. The van der Waals surface area contributed by atoms with Crippen molar-refractivity contribution in [1.29, 1.82) is 0 Å². The summed E-state index contributed by atoms with van der Waals surface area (Å²) in [7, 11) is 0. The number of hydrogen-bond donors (Lipinski definition) is 2. The smallest absolute Gasteiger partial charge is 0.221 e. The van der Waals surface area contributed by atoms with Gasteiger partial charge in [0, 0.05) is 25.0 Å². The summed E-state index contributed by atoms with van der Waals surface area (Å²) in [5, 5.41) is 6.53. The van der Waals surface area contributed by atoms with Gasteiger partial charge in [-0.15, -0.1) is 0 Å². The summed E-state index contributed by atoms with van der Waals surface area (Å²) in [5.41, 5.74) is 0. The van der Waals surface area contributed by atoms with Gasteiger partial charge in [-0.1, -0.05) is 6.92 Å². The van der Waals surface area contributed by atoms with Crippen LogP contribution < -0.4 is 10.6 Å². The van der Waals surface area contributed by atoms with Gasteiger partial charge in [0.2, 0.25) is 5.91 Å². The van der Waals surface area contributed by atoms with Crippen molar-refractivity contribution in [1.82, 2.24) is 15.5 Å². The summed E-state index contributed by atoms with van der Waals surface area (Å²) in [6, 6.07) is 0.972. The fourth-order valence-electron chi connectivity index (χ4n) is 2.92. The molecule has 4 nitrogen and oxygen atoms in total. The molecule has 0 aromatic rings. The summed E-state index contributed by atoms with van der Waals surface area (Å²) in [6.45, 7) is 6.74. The number of likely N-dealkylation sites (tertiary alicyclic amines) is 1. The Balaban J connectivity index is 1.73. The molecule has 2 saturated heterocycles. The molecule has 2 aliphatic rings. The maximum Gasteiger partial charge on any atom is 0.221 e. The van der Waals surface area contributed by atoms with E-state index >= 15 is 0 Å². The van der Waals surface area contributed by atoms with Crippen LogP contribution in [0.3, 0.4) is 0 Å². The average molecular weight is 239 g/mol. The second-order valence-electron chi connectivity index (χ2n) is 5.34. The largest absolute Gasteiger partial charge is 0.354 e. The van der Waals surface area contributed by atoms with E-state index in [1.54, 1.807) is 0 Å². The molecule has 0 aromatic carbocycles. The summed E-state index contributed by atoms with van der Waals surface area (Å²) in [6.07, 6.45) is 5.68. The topological polar surface area (TPSA) is 44.4 Å². The third-order valence-electron chi connectivity index (χ3n) is 3.81. The van der Waals surface area contributed by atoms with Crippen LogP contribution >= 0.6 is 0 Å². The van der Waals surface area contributed by atoms with Crippen molar-refractivity contribution in [2.75, 3.05) is 26.2 Å². The van der Waals surface area contributed by atoms with Crippen LogP contribution in [0.25, 0.3) is 0 Å². The van der Waals surface area contributed by atoms with Gasteiger partial charge in [-0.3, -0.25) is 4.79 Å². The van der Waals surface area contributed by atoms with Crippen LogP contribution in [0.2, 0.25) is 0 Å². The van der Waals surface area contributed by atoms with Gasteiger partial charge in [0.1, 0.15) is 0 Å². The summed E-state index contributed by atoms with van der Waals surface area (Å²) in [5.74, 6) is 0.198. The molecule has 2 rings (SSSR count). The molecule has 2 fully saturated rings. The van der Waals surface area contributed by atoms with E-state index in [9.17, 15) is 4.79 Å². The Morgan fingerprint density at radius 1 is 1.35 bits per heavy atom. The molecular weight excluding hydrogens is 214 g/mol. The summed E-state index contributed by atoms with van der Waals surface area (Å²) >= 11 is 0. The predicted molar refractivity (Wildman–Crippen MR) is 68.9 cm³/mol. The van der Waals surface area contributed by atoms with Crippen LogP contribution in [0.1, 0.15) is 39.0 Å². The fraction of sp³-hybridized carbons (Fsp3) is 0.923. The van der Waals surface area contributed by atoms with E-state index in [0.29, 0.717) is 18.5 Å². The van der Waals surface area contributed by atoms with Crippen LogP contribution in [0.15, 0.2) is 0 Å². The quantitative estimate of drug-likeness (QED) is 0.760. The van der Waals surface area contributed by atoms with E-state index in [4.69, 9.17) is 0 Å². The number of rotatable bonds is 4. The Hall–Kier alpha value is -0.610. The molecular formula is C13H25N3O. The van der Waals surface area contributed by atoms with Gasteiger partial charge in [0.05, 0.1) is 0 Å². The molecule has 0 aliphatic carbocycles. The molecule has 0 saturated carbocycles. The number of carbonyl (C=O) groups excluding carboxylic acids is 1. The van der Waals surface area contributed by atoms with E-state index in [1.165, 1.54) is 45.3 Å². The molecule has 2 unspecified atom stereocenters. The first-order valence-corrected chi connectivity index (χ1v) is 7.03. The number of amides is 1. The van der Waals surface area contributed by atoms with E-state index in [2.05, 4.69) is 22.5 Å². The van der Waals surface area contributed by atoms with Crippen molar-refractivity contribution in [2.45, 2.75) is 51.1 Å². The number of nitrogens with zero attached hydrogens (tertiary/aromatic N) is 1. The highest BCUT2D eigenvalue weighted by atomic mass is 16.1. The SMILES string of the molecule is CCCN1CCCC(NC2CNC(=O)C2)CC1. The molecule has 2 atom stereocenters. The lowest BCUT2D eigenvalue weighted by Crippen LogP contribution is -2.40. The van der Waals surface area contributed by atoms with Crippen LogP contribution in [-0.4, -0.2) is 49.1 Å². The van der Waals surface area contributed by atoms with Crippen molar-refractivity contribution in [3.63, 3.8) is 0 Å². The maximum absolute atomic E-state index is 11.1. The van der Waals surface area contributed by atoms with Crippen molar-refractivity contribution in [3.8, 4) is 0 Å². The fourth-order valence-corrected chi connectivity index (χ4v) is 2.92. The van der Waals surface area contributed by atoms with E-state index in [-0.39, 0.29) is 5.91 Å². The van der Waals surface area contributed by atoms with E-state index in [0.717, 1.165) is 6.54 Å². The molecule has 98 valence electrons. The molecule has 17 heavy (non-hydrogen) atoms. The first-order valence-electron chi connectivity index (χ1n) is 7.03. The monoisotopic (exact) mass is 239 g/mol. The molecule has 0 radical (unpaired) electrons. The van der Waals surface area contributed by atoms with Crippen LogP contribution in [0.5, 0.6) is 0 Å². The number of hydrogen-bond acceptors (Lipinski definition) is 3. The Morgan fingerprint density at radius 3 is 2.94 bits per heavy atom. The van der Waals surface area contributed by atoms with Crippen molar-refractivity contribution < 1.29 is 4.79 Å². The molecule has 2 aliphatic heterocycles. The first-order chi connectivity index (χ1) is 8.28. The van der Waals surface area contributed by atoms with Crippen LogP contribution in [0.4, 0.5) is 0 Å². The maximum atomic E-state index is 11.1. The number of nitrogens with one attached hydrogen (secondary N) is 2. The highest BCUT2D eigenvalue weighted by Gasteiger charge is 2.25. The zero-order valence-corrected chi connectivity index (χ0v) is 10.9. The van der Waals surface area contributed by atoms with Gasteiger partial charge in [-0.05, 0) is 45.3 Å². The zero-order chi connectivity index (χ0) is 12.1. The standard InChI is InChI=1S/C13H25N3O/c1-2-6-16-7-3-4-11(5-8-16)15-12-9-13(17)14-10-12/h11-12,15H,2-10H2,1H3,(H,14,17). The van der Waals surface area contributed by atoms with Gasteiger partial charge in [-0.25, -0.2) is 0 Å². The van der Waals surface area contributed by atoms with Gasteiger partial charge in [0.25, 0.3) is 0 Å². The molecule has 4 heteroatoms. The third kappa shape index (κ3) is 3.96. The molecule has 0 aromatic heterocycles. The second-order valence-corrected chi connectivity index (χ2v) is 5.34. The normalized spacial score (nSPS) is 31.2. The Bertz CT molecular complexity index is 257. The van der Waals surface area contributed by atoms with Gasteiger partial charge in [-0.2, -0.15) is 0 Å². The Kier molecular flexibility index (Phi) is 4.80. The lowest BCUT2D eigenvalue weighted by atomic mass is 10.1. The van der Waals surface area contributed by atoms with Crippen molar-refractivity contribution in [3.05, 3.63) is 0 Å². The summed E-state index contributed by atoms with van der Waals surface area (Å²) in [4.78, 5) is 13.7. The Morgan fingerprint density at radius 2 is 2.24 bits per heavy atom. The second kappa shape index (κ2) is 6.36. The van der Waals surface area contributed by atoms with Gasteiger partial charge in [0.15, 0.2) is 0 Å². The average Bonchev–Trinajstić information content (AvgIpc) is 2.58.